The standard InChI is InChI=1S/C25H26ClN3O4S/c1-5-28(6-2)20-13-12-18(33-20)14-19-23(30)29-22(16-8-10-17(26)11-9-16)21(24(31)32-7-3)15(4)27-25(29)34-19/h8-14,22H,5-7H2,1-4H3/b19-14-/t22-/m1/s1. The lowest BCUT2D eigenvalue weighted by Gasteiger charge is -2.24. The molecule has 0 bridgehead atoms. The topological polar surface area (TPSA) is 77.0 Å². The number of esters is 1. The van der Waals surface area contributed by atoms with Crippen molar-refractivity contribution in [3.05, 3.63) is 83.7 Å². The van der Waals surface area contributed by atoms with Gasteiger partial charge in [0.2, 0.25) is 0 Å². The van der Waals surface area contributed by atoms with E-state index in [1.165, 1.54) is 11.3 Å². The molecular weight excluding hydrogens is 474 g/mol. The Labute approximate surface area is 206 Å². The number of hydrogen-bond acceptors (Lipinski definition) is 7. The van der Waals surface area contributed by atoms with Crippen LogP contribution >= 0.6 is 22.9 Å². The van der Waals surface area contributed by atoms with Gasteiger partial charge in [0, 0.05) is 30.3 Å². The first kappa shape index (κ1) is 24.0. The fourth-order valence-electron chi connectivity index (χ4n) is 4.01. The third kappa shape index (κ3) is 4.48. The molecule has 0 saturated carbocycles. The summed E-state index contributed by atoms with van der Waals surface area (Å²) in [5.74, 6) is 0.841. The number of allylic oxidation sites excluding steroid dienone is 1. The molecule has 4 rings (SSSR count). The van der Waals surface area contributed by atoms with Crippen molar-refractivity contribution in [3.8, 4) is 0 Å². The number of fused-ring (bicyclic) bond motifs is 1. The first-order valence-electron chi connectivity index (χ1n) is 11.2. The summed E-state index contributed by atoms with van der Waals surface area (Å²) in [6.45, 7) is 9.49. The van der Waals surface area contributed by atoms with E-state index in [4.69, 9.17) is 20.8 Å². The summed E-state index contributed by atoms with van der Waals surface area (Å²) in [6, 6.07) is 10.2. The van der Waals surface area contributed by atoms with Gasteiger partial charge >= 0.3 is 5.97 Å². The highest BCUT2D eigenvalue weighted by Crippen LogP contribution is 2.31. The van der Waals surface area contributed by atoms with E-state index in [-0.39, 0.29) is 12.2 Å². The number of carbonyl (C=O) groups excluding carboxylic acids is 1. The third-order valence-corrected chi connectivity index (χ3v) is 6.90. The van der Waals surface area contributed by atoms with Crippen molar-refractivity contribution in [1.29, 1.82) is 0 Å². The average Bonchev–Trinajstić information content (AvgIpc) is 3.39. The second-order valence-corrected chi connectivity index (χ2v) is 9.15. The van der Waals surface area contributed by atoms with Crippen LogP contribution in [0.2, 0.25) is 5.02 Å². The van der Waals surface area contributed by atoms with E-state index in [2.05, 4.69) is 23.7 Å². The Hall–Kier alpha value is -3.10. The first-order valence-corrected chi connectivity index (χ1v) is 12.4. The molecule has 9 heteroatoms. The molecule has 0 fully saturated rings. The Morgan fingerprint density at radius 2 is 1.91 bits per heavy atom. The predicted octanol–water partition coefficient (Wildman–Crippen LogP) is 3.89. The lowest BCUT2D eigenvalue weighted by molar-refractivity contribution is -0.139. The lowest BCUT2D eigenvalue weighted by Crippen LogP contribution is -2.39. The molecule has 1 aliphatic rings. The fraction of sp³-hybridized carbons (Fsp3) is 0.320. The number of ether oxygens (including phenoxy) is 1. The fourth-order valence-corrected chi connectivity index (χ4v) is 5.16. The van der Waals surface area contributed by atoms with Crippen molar-refractivity contribution in [1.82, 2.24) is 4.57 Å². The van der Waals surface area contributed by atoms with E-state index in [0.717, 1.165) is 24.5 Å². The van der Waals surface area contributed by atoms with E-state index in [0.29, 0.717) is 31.4 Å². The van der Waals surface area contributed by atoms with E-state index >= 15 is 0 Å². The van der Waals surface area contributed by atoms with Crippen LogP contribution in [0.3, 0.4) is 0 Å². The second kappa shape index (κ2) is 10.0. The maximum absolute atomic E-state index is 13.6. The molecule has 0 unspecified atom stereocenters. The zero-order chi connectivity index (χ0) is 24.4. The van der Waals surface area contributed by atoms with Crippen molar-refractivity contribution in [2.75, 3.05) is 24.6 Å². The molecule has 3 heterocycles. The van der Waals surface area contributed by atoms with Crippen molar-refractivity contribution in [2.45, 2.75) is 33.7 Å². The molecule has 3 aromatic rings. The Bertz CT molecular complexity index is 1410. The number of rotatable bonds is 7. The van der Waals surface area contributed by atoms with Gasteiger partial charge in [0.1, 0.15) is 5.76 Å². The first-order chi connectivity index (χ1) is 16.4. The van der Waals surface area contributed by atoms with Gasteiger partial charge < -0.3 is 14.1 Å². The van der Waals surface area contributed by atoms with Crippen molar-refractivity contribution in [2.24, 2.45) is 4.99 Å². The molecule has 34 heavy (non-hydrogen) atoms. The van der Waals surface area contributed by atoms with Crippen LogP contribution in [-0.2, 0) is 9.53 Å². The highest BCUT2D eigenvalue weighted by Gasteiger charge is 2.33. The highest BCUT2D eigenvalue weighted by atomic mass is 35.5. The molecule has 2 aromatic heterocycles. The smallest absolute Gasteiger partial charge is 0.338 e. The summed E-state index contributed by atoms with van der Waals surface area (Å²) >= 11 is 7.35. The summed E-state index contributed by atoms with van der Waals surface area (Å²) < 4.78 is 13.3. The maximum Gasteiger partial charge on any atom is 0.338 e. The van der Waals surface area contributed by atoms with Crippen molar-refractivity contribution >= 4 is 40.9 Å². The zero-order valence-corrected chi connectivity index (χ0v) is 21.1. The van der Waals surface area contributed by atoms with Gasteiger partial charge in [-0.2, -0.15) is 0 Å². The van der Waals surface area contributed by atoms with E-state index in [1.54, 1.807) is 36.6 Å². The lowest BCUT2D eigenvalue weighted by atomic mass is 9.96. The Morgan fingerprint density at radius 3 is 2.56 bits per heavy atom. The van der Waals surface area contributed by atoms with Gasteiger partial charge in [0.15, 0.2) is 10.7 Å². The summed E-state index contributed by atoms with van der Waals surface area (Å²) in [5, 5.41) is 0.566. The minimum Gasteiger partial charge on any atom is -0.463 e. The Kier molecular flexibility index (Phi) is 7.09. The summed E-state index contributed by atoms with van der Waals surface area (Å²) in [6.07, 6.45) is 1.72. The molecule has 0 saturated heterocycles. The van der Waals surface area contributed by atoms with E-state index < -0.39 is 12.0 Å². The Balaban J connectivity index is 1.87. The minimum atomic E-state index is -0.669. The maximum atomic E-state index is 13.6. The molecule has 0 amide bonds. The van der Waals surface area contributed by atoms with Crippen LogP contribution in [0, 0.1) is 0 Å². The number of carbonyl (C=O) groups is 1. The second-order valence-electron chi connectivity index (χ2n) is 7.70. The number of nitrogens with zero attached hydrogens (tertiary/aromatic N) is 3. The molecule has 0 radical (unpaired) electrons. The quantitative estimate of drug-likeness (QED) is 0.461. The number of halogens is 1. The summed E-state index contributed by atoms with van der Waals surface area (Å²) in [4.78, 5) is 33.7. The average molecular weight is 500 g/mol. The number of hydrogen-bond donors (Lipinski definition) is 0. The normalized spacial score (nSPS) is 15.8. The molecule has 1 aliphatic heterocycles. The molecule has 7 nitrogen and oxygen atoms in total. The molecular formula is C25H26ClN3O4S. The van der Waals surface area contributed by atoms with Gasteiger partial charge in [-0.25, -0.2) is 9.79 Å². The molecule has 1 aromatic carbocycles. The SMILES string of the molecule is CCOC(=O)C1=C(C)N=c2s/c(=C\c3ccc(N(CC)CC)o3)c(=O)n2[C@@H]1c1ccc(Cl)cc1. The molecule has 0 N–H and O–H groups in total. The molecule has 0 spiro atoms. The summed E-state index contributed by atoms with van der Waals surface area (Å²) in [7, 11) is 0. The largest absolute Gasteiger partial charge is 0.463 e. The molecule has 178 valence electrons. The third-order valence-electron chi connectivity index (χ3n) is 5.66. The highest BCUT2D eigenvalue weighted by molar-refractivity contribution is 7.07. The zero-order valence-electron chi connectivity index (χ0n) is 19.5. The monoisotopic (exact) mass is 499 g/mol. The van der Waals surface area contributed by atoms with Crippen LogP contribution in [0.25, 0.3) is 6.08 Å². The number of anilines is 1. The van der Waals surface area contributed by atoms with E-state index in [1.807, 2.05) is 24.3 Å². The van der Waals surface area contributed by atoms with Gasteiger partial charge in [-0.1, -0.05) is 35.1 Å². The number of benzene rings is 1. The van der Waals surface area contributed by atoms with Crippen LogP contribution in [0.4, 0.5) is 5.88 Å². The van der Waals surface area contributed by atoms with Crippen LogP contribution in [0.5, 0.6) is 0 Å². The predicted molar refractivity (Wildman–Crippen MR) is 134 cm³/mol. The number of thiazole rings is 1. The van der Waals surface area contributed by atoms with Gasteiger partial charge in [0.05, 0.1) is 28.5 Å². The summed E-state index contributed by atoms with van der Waals surface area (Å²) in [5.41, 5.74) is 1.35. The van der Waals surface area contributed by atoms with Crippen LogP contribution in [-0.4, -0.2) is 30.2 Å². The molecule has 0 aliphatic carbocycles. The van der Waals surface area contributed by atoms with Crippen LogP contribution < -0.4 is 19.8 Å². The van der Waals surface area contributed by atoms with Crippen LogP contribution in [0.15, 0.2) is 61.9 Å². The number of furan rings is 1. The Morgan fingerprint density at radius 1 is 1.21 bits per heavy atom. The van der Waals surface area contributed by atoms with Gasteiger partial charge in [-0.05, 0) is 51.5 Å². The van der Waals surface area contributed by atoms with E-state index in [9.17, 15) is 9.59 Å². The van der Waals surface area contributed by atoms with Crippen LogP contribution in [0.1, 0.15) is 45.1 Å². The van der Waals surface area contributed by atoms with Gasteiger partial charge in [-0.15, -0.1) is 0 Å². The van der Waals surface area contributed by atoms with Crippen molar-refractivity contribution in [3.63, 3.8) is 0 Å². The minimum absolute atomic E-state index is 0.223. The van der Waals surface area contributed by atoms with Gasteiger partial charge in [-0.3, -0.25) is 9.36 Å². The number of aromatic nitrogens is 1. The molecule has 1 atom stereocenters. The van der Waals surface area contributed by atoms with Gasteiger partial charge in [0.25, 0.3) is 5.56 Å². The van der Waals surface area contributed by atoms with Crippen molar-refractivity contribution < 1.29 is 13.9 Å².